The van der Waals surface area contributed by atoms with Gasteiger partial charge in [-0.2, -0.15) is 8.78 Å². The largest absolute Gasteiger partial charge is 0.348 e. The maximum atomic E-state index is 12.7. The van der Waals surface area contributed by atoms with E-state index in [9.17, 15) is 22.4 Å². The molecule has 0 spiro atoms. The summed E-state index contributed by atoms with van der Waals surface area (Å²) in [6.07, 6.45) is -3.84. The molecule has 0 bridgehead atoms. The Balaban J connectivity index is 0.00000361. The summed E-state index contributed by atoms with van der Waals surface area (Å²) >= 11 is 0. The Morgan fingerprint density at radius 3 is 2.25 bits per heavy atom. The summed E-state index contributed by atoms with van der Waals surface area (Å²) in [5, 5.41) is 1.75. The average Bonchev–Trinajstić information content (AvgIpc) is 2.36. The Bertz CT molecular complexity index is 440. The molecule has 114 valence electrons. The van der Waals surface area contributed by atoms with Crippen LogP contribution in [0.1, 0.15) is 12.5 Å². The van der Waals surface area contributed by atoms with Gasteiger partial charge in [-0.1, -0.05) is 30.3 Å². The molecule has 1 aromatic carbocycles. The van der Waals surface area contributed by atoms with Crippen LogP contribution in [0.3, 0.4) is 0 Å². The van der Waals surface area contributed by atoms with Crippen LogP contribution in [-0.4, -0.2) is 24.8 Å². The third kappa shape index (κ3) is 4.35. The van der Waals surface area contributed by atoms with Crippen LogP contribution in [0.2, 0.25) is 0 Å². The topological polar surface area (TPSA) is 55.1 Å². The number of hydrogen-bond acceptors (Lipinski definition) is 2. The summed E-state index contributed by atoms with van der Waals surface area (Å²) in [5.41, 5.74) is 4.57. The van der Waals surface area contributed by atoms with Crippen LogP contribution in [0.25, 0.3) is 0 Å². The lowest BCUT2D eigenvalue weighted by molar-refractivity contribution is -0.139. The molecule has 0 radical (unpaired) electrons. The van der Waals surface area contributed by atoms with Crippen molar-refractivity contribution in [1.29, 1.82) is 0 Å². The second-order valence-electron chi connectivity index (χ2n) is 4.31. The molecule has 3 N–H and O–H groups in total. The van der Waals surface area contributed by atoms with Crippen molar-refractivity contribution in [2.75, 3.05) is 6.54 Å². The van der Waals surface area contributed by atoms with Gasteiger partial charge in [-0.05, 0) is 12.5 Å². The van der Waals surface area contributed by atoms with Gasteiger partial charge in [0.05, 0.1) is 6.54 Å². The zero-order chi connectivity index (χ0) is 14.7. The van der Waals surface area contributed by atoms with Crippen molar-refractivity contribution in [2.45, 2.75) is 24.8 Å². The number of nitrogens with two attached hydrogens (primary N) is 1. The highest BCUT2D eigenvalue weighted by molar-refractivity contribution is 5.87. The predicted molar refractivity (Wildman–Crippen MR) is 69.2 cm³/mol. The van der Waals surface area contributed by atoms with E-state index in [-0.39, 0.29) is 12.4 Å². The zero-order valence-electron chi connectivity index (χ0n) is 10.6. The van der Waals surface area contributed by atoms with E-state index >= 15 is 0 Å². The van der Waals surface area contributed by atoms with Gasteiger partial charge in [-0.25, -0.2) is 8.78 Å². The standard InChI is InChI=1S/C12H14F4N2O.ClH/c1-11(17,8-5-3-2-4-6-8)10(19)18-7-12(15,16)9(13)14;/h2-6,9H,7,17H2,1H3,(H,18,19);1H. The van der Waals surface area contributed by atoms with Crippen LogP contribution in [0.4, 0.5) is 17.6 Å². The number of hydrogen-bond donors (Lipinski definition) is 2. The summed E-state index contributed by atoms with van der Waals surface area (Å²) in [4.78, 5) is 11.7. The van der Waals surface area contributed by atoms with Crippen molar-refractivity contribution in [1.82, 2.24) is 5.32 Å². The minimum absolute atomic E-state index is 0. The molecule has 1 aromatic rings. The molecule has 0 saturated heterocycles. The Hall–Kier alpha value is -1.34. The van der Waals surface area contributed by atoms with Crippen LogP contribution in [0, 0.1) is 0 Å². The third-order valence-corrected chi connectivity index (χ3v) is 2.65. The minimum Gasteiger partial charge on any atom is -0.348 e. The molecule has 0 saturated carbocycles. The number of carbonyl (C=O) groups excluding carboxylic acids is 1. The Kier molecular flexibility index (Phi) is 6.43. The smallest absolute Gasteiger partial charge is 0.324 e. The molecular weight excluding hydrogens is 300 g/mol. The van der Waals surface area contributed by atoms with Crippen LogP contribution in [0.5, 0.6) is 0 Å². The van der Waals surface area contributed by atoms with E-state index in [0.717, 1.165) is 0 Å². The van der Waals surface area contributed by atoms with Gasteiger partial charge in [0.2, 0.25) is 5.91 Å². The molecule has 0 aliphatic rings. The Labute approximate surface area is 119 Å². The van der Waals surface area contributed by atoms with Gasteiger partial charge in [-0.15, -0.1) is 12.4 Å². The van der Waals surface area contributed by atoms with Gasteiger partial charge in [0.15, 0.2) is 0 Å². The van der Waals surface area contributed by atoms with Crippen LogP contribution in [0.15, 0.2) is 30.3 Å². The van der Waals surface area contributed by atoms with E-state index in [1.807, 2.05) is 0 Å². The first kappa shape index (κ1) is 18.7. The first-order valence-electron chi connectivity index (χ1n) is 5.46. The molecular formula is C12H15ClF4N2O. The van der Waals surface area contributed by atoms with E-state index in [1.165, 1.54) is 6.92 Å². The summed E-state index contributed by atoms with van der Waals surface area (Å²) in [6.45, 7) is -0.138. The number of carbonyl (C=O) groups is 1. The second kappa shape index (κ2) is 6.90. The second-order valence-corrected chi connectivity index (χ2v) is 4.31. The molecule has 0 aromatic heterocycles. The molecule has 1 atom stereocenters. The number of nitrogens with one attached hydrogen (secondary N) is 1. The van der Waals surface area contributed by atoms with Crippen molar-refractivity contribution in [2.24, 2.45) is 5.73 Å². The quantitative estimate of drug-likeness (QED) is 0.819. The normalized spacial score (nSPS) is 14.3. The maximum absolute atomic E-state index is 12.7. The lowest BCUT2D eigenvalue weighted by Gasteiger charge is -2.25. The minimum atomic E-state index is -4.28. The number of benzene rings is 1. The molecule has 1 amide bonds. The van der Waals surface area contributed by atoms with Crippen LogP contribution >= 0.6 is 12.4 Å². The third-order valence-electron chi connectivity index (χ3n) is 2.65. The summed E-state index contributed by atoms with van der Waals surface area (Å²) in [5.74, 6) is -5.22. The van der Waals surface area contributed by atoms with E-state index in [1.54, 1.807) is 35.6 Å². The van der Waals surface area contributed by atoms with E-state index in [4.69, 9.17) is 5.73 Å². The van der Waals surface area contributed by atoms with E-state index in [0.29, 0.717) is 5.56 Å². The molecule has 0 aliphatic carbocycles. The molecule has 1 rings (SSSR count). The lowest BCUT2D eigenvalue weighted by Crippen LogP contribution is -2.52. The highest BCUT2D eigenvalue weighted by atomic mass is 35.5. The predicted octanol–water partition coefficient (Wildman–Crippen LogP) is 2.30. The number of alkyl halides is 4. The number of rotatable bonds is 5. The molecule has 0 heterocycles. The van der Waals surface area contributed by atoms with Crippen molar-refractivity contribution < 1.29 is 22.4 Å². The van der Waals surface area contributed by atoms with Gasteiger partial charge in [0.25, 0.3) is 0 Å². The summed E-state index contributed by atoms with van der Waals surface area (Å²) in [7, 11) is 0. The molecule has 0 aliphatic heterocycles. The fourth-order valence-corrected chi connectivity index (χ4v) is 1.37. The summed E-state index contributed by atoms with van der Waals surface area (Å²) < 4.78 is 49.3. The van der Waals surface area contributed by atoms with E-state index < -0.39 is 30.3 Å². The van der Waals surface area contributed by atoms with Gasteiger partial charge < -0.3 is 11.1 Å². The Morgan fingerprint density at radius 1 is 1.30 bits per heavy atom. The van der Waals surface area contributed by atoms with Gasteiger partial charge >= 0.3 is 12.3 Å². The maximum Gasteiger partial charge on any atom is 0.324 e. The molecule has 3 nitrogen and oxygen atoms in total. The first-order chi connectivity index (χ1) is 8.68. The fraction of sp³-hybridized carbons (Fsp3) is 0.417. The van der Waals surface area contributed by atoms with Gasteiger partial charge in [0, 0.05) is 0 Å². The molecule has 0 fully saturated rings. The Morgan fingerprint density at radius 2 is 1.80 bits per heavy atom. The number of amides is 1. The molecule has 20 heavy (non-hydrogen) atoms. The van der Waals surface area contributed by atoms with Crippen LogP contribution < -0.4 is 11.1 Å². The summed E-state index contributed by atoms with van der Waals surface area (Å²) in [6, 6.07) is 8.04. The van der Waals surface area contributed by atoms with Gasteiger partial charge in [-0.3, -0.25) is 4.79 Å². The average molecular weight is 315 g/mol. The van der Waals surface area contributed by atoms with Crippen molar-refractivity contribution in [3.05, 3.63) is 35.9 Å². The monoisotopic (exact) mass is 314 g/mol. The van der Waals surface area contributed by atoms with Gasteiger partial charge in [0.1, 0.15) is 5.54 Å². The lowest BCUT2D eigenvalue weighted by atomic mass is 9.92. The van der Waals surface area contributed by atoms with Crippen LogP contribution in [-0.2, 0) is 10.3 Å². The van der Waals surface area contributed by atoms with Crippen molar-refractivity contribution in [3.63, 3.8) is 0 Å². The highest BCUT2D eigenvalue weighted by Crippen LogP contribution is 2.23. The zero-order valence-corrected chi connectivity index (χ0v) is 11.4. The van der Waals surface area contributed by atoms with E-state index in [2.05, 4.69) is 0 Å². The molecule has 1 unspecified atom stereocenters. The van der Waals surface area contributed by atoms with Crippen molar-refractivity contribution >= 4 is 18.3 Å². The number of halogens is 5. The highest BCUT2D eigenvalue weighted by Gasteiger charge is 2.42. The first-order valence-corrected chi connectivity index (χ1v) is 5.46. The fourth-order valence-electron chi connectivity index (χ4n) is 1.37. The van der Waals surface area contributed by atoms with Crippen molar-refractivity contribution in [3.8, 4) is 0 Å². The molecule has 8 heteroatoms. The SMILES string of the molecule is CC(N)(C(=O)NCC(F)(F)C(F)F)c1ccccc1.Cl.